The van der Waals surface area contributed by atoms with E-state index in [0.717, 1.165) is 26.3 Å². The summed E-state index contributed by atoms with van der Waals surface area (Å²) in [5.41, 5.74) is 3.17. The first kappa shape index (κ1) is 18.2. The second-order valence-electron chi connectivity index (χ2n) is 5.64. The highest BCUT2D eigenvalue weighted by molar-refractivity contribution is 8.01. The molecule has 0 aliphatic heterocycles. The smallest absolute Gasteiger partial charge is 0.235 e. The fraction of sp³-hybridized carbons (Fsp3) is 0.222. The molecule has 1 N–H and O–H groups in total. The van der Waals surface area contributed by atoms with Gasteiger partial charge in [-0.15, -0.1) is 10.2 Å². The summed E-state index contributed by atoms with van der Waals surface area (Å²) in [4.78, 5) is 12.5. The zero-order chi connectivity index (χ0) is 18.7. The molecule has 0 spiro atoms. The van der Waals surface area contributed by atoms with E-state index in [4.69, 9.17) is 0 Å². The molecule has 3 rings (SSSR count). The van der Waals surface area contributed by atoms with Gasteiger partial charge in [0.1, 0.15) is 16.9 Å². The van der Waals surface area contributed by atoms with Crippen LogP contribution in [0.3, 0.4) is 0 Å². The van der Waals surface area contributed by atoms with Gasteiger partial charge in [0, 0.05) is 11.4 Å². The summed E-state index contributed by atoms with van der Waals surface area (Å²) in [7, 11) is 0. The highest BCUT2D eigenvalue weighted by Gasteiger charge is 2.20. The number of carbonyl (C=O) groups is 1. The molecule has 2 aromatic heterocycles. The number of aromatic nitrogens is 3. The van der Waals surface area contributed by atoms with Gasteiger partial charge < -0.3 is 5.32 Å². The van der Waals surface area contributed by atoms with Crippen molar-refractivity contribution in [2.24, 2.45) is 0 Å². The van der Waals surface area contributed by atoms with Crippen LogP contribution in [-0.2, 0) is 4.79 Å². The maximum atomic E-state index is 12.5. The fourth-order valence-electron chi connectivity index (χ4n) is 2.59. The number of hydrogen-bond donors (Lipinski definition) is 1. The minimum Gasteiger partial charge on any atom is -0.310 e. The number of hydrogen-bond acceptors (Lipinski definition) is 6. The Morgan fingerprint density at radius 3 is 2.62 bits per heavy atom. The Hall–Kier alpha value is -2.63. The predicted octanol–water partition coefficient (Wildman–Crippen LogP) is 3.86. The number of carbonyl (C=O) groups excluding carboxylic acids is 1. The van der Waals surface area contributed by atoms with Crippen LogP contribution >= 0.6 is 23.1 Å². The van der Waals surface area contributed by atoms with Crippen LogP contribution in [0.5, 0.6) is 0 Å². The molecule has 1 aromatic carbocycles. The molecule has 0 bridgehead atoms. The number of anilines is 1. The lowest BCUT2D eigenvalue weighted by molar-refractivity contribution is -0.113. The minimum atomic E-state index is -0.186. The molecular formula is C18H17N5OS2. The van der Waals surface area contributed by atoms with Crippen LogP contribution in [-0.4, -0.2) is 26.4 Å². The quantitative estimate of drug-likeness (QED) is 0.677. The summed E-state index contributed by atoms with van der Waals surface area (Å²) in [6.07, 6.45) is 0. The fourth-order valence-corrected chi connectivity index (χ4v) is 4.21. The summed E-state index contributed by atoms with van der Waals surface area (Å²) in [6, 6.07) is 11.9. The number of nitrogens with zero attached hydrogens (tertiary/aromatic N) is 4. The number of thioether (sulfide) groups is 1. The molecule has 2 heterocycles. The van der Waals surface area contributed by atoms with Crippen molar-refractivity contribution in [1.29, 1.82) is 5.26 Å². The van der Waals surface area contributed by atoms with Crippen molar-refractivity contribution in [3.8, 4) is 11.8 Å². The van der Waals surface area contributed by atoms with E-state index in [-0.39, 0.29) is 11.7 Å². The number of para-hydroxylation sites is 1. The van der Waals surface area contributed by atoms with Gasteiger partial charge in [0.05, 0.1) is 11.3 Å². The van der Waals surface area contributed by atoms with Crippen LogP contribution in [0, 0.1) is 32.1 Å². The van der Waals surface area contributed by atoms with Gasteiger partial charge >= 0.3 is 0 Å². The Morgan fingerprint density at radius 2 is 2.00 bits per heavy atom. The van der Waals surface area contributed by atoms with E-state index in [9.17, 15) is 10.1 Å². The van der Waals surface area contributed by atoms with Gasteiger partial charge in [-0.05, 0) is 38.5 Å². The monoisotopic (exact) mass is 383 g/mol. The van der Waals surface area contributed by atoms with E-state index in [2.05, 4.69) is 21.6 Å². The second kappa shape index (κ2) is 7.72. The van der Waals surface area contributed by atoms with Crippen LogP contribution < -0.4 is 5.32 Å². The Labute approximate surface area is 159 Å². The lowest BCUT2D eigenvalue weighted by Gasteiger charge is -2.13. The zero-order valence-corrected chi connectivity index (χ0v) is 16.2. The summed E-state index contributed by atoms with van der Waals surface area (Å²) in [6.45, 7) is 5.71. The van der Waals surface area contributed by atoms with E-state index in [1.54, 1.807) is 0 Å². The van der Waals surface area contributed by atoms with Crippen molar-refractivity contribution in [3.63, 3.8) is 0 Å². The van der Waals surface area contributed by atoms with Crippen LogP contribution in [0.25, 0.3) is 5.69 Å². The van der Waals surface area contributed by atoms with Gasteiger partial charge in [-0.2, -0.15) is 5.26 Å². The third-order valence-corrected chi connectivity index (χ3v) is 5.90. The first-order chi connectivity index (χ1) is 12.5. The van der Waals surface area contributed by atoms with Gasteiger partial charge in [-0.3, -0.25) is 9.36 Å². The molecule has 0 fully saturated rings. The third-order valence-electron chi connectivity index (χ3n) is 3.93. The Balaban J connectivity index is 1.88. The molecule has 3 aromatic rings. The third kappa shape index (κ3) is 3.64. The predicted molar refractivity (Wildman–Crippen MR) is 104 cm³/mol. The van der Waals surface area contributed by atoms with Gasteiger partial charge in [0.2, 0.25) is 5.91 Å². The number of rotatable bonds is 5. The van der Waals surface area contributed by atoms with Gasteiger partial charge in [-0.25, -0.2) is 0 Å². The molecule has 132 valence electrons. The van der Waals surface area contributed by atoms with Crippen LogP contribution in [0.4, 0.5) is 5.82 Å². The van der Waals surface area contributed by atoms with Crippen molar-refractivity contribution in [3.05, 3.63) is 52.2 Å². The van der Waals surface area contributed by atoms with Gasteiger partial charge in [0.25, 0.3) is 0 Å². The van der Waals surface area contributed by atoms with Crippen LogP contribution in [0.2, 0.25) is 0 Å². The zero-order valence-electron chi connectivity index (χ0n) is 14.6. The highest BCUT2D eigenvalue weighted by Crippen LogP contribution is 2.30. The van der Waals surface area contributed by atoms with Crippen molar-refractivity contribution < 1.29 is 4.79 Å². The highest BCUT2D eigenvalue weighted by atomic mass is 32.2. The summed E-state index contributed by atoms with van der Waals surface area (Å²) in [5.74, 6) is 0.527. The van der Waals surface area contributed by atoms with E-state index < -0.39 is 0 Å². The Kier molecular flexibility index (Phi) is 5.40. The molecule has 0 aliphatic carbocycles. The van der Waals surface area contributed by atoms with E-state index >= 15 is 0 Å². The van der Waals surface area contributed by atoms with Crippen molar-refractivity contribution in [2.75, 3.05) is 11.1 Å². The molecule has 0 aliphatic rings. The Bertz CT molecular complexity index is 985. The second-order valence-corrected chi connectivity index (χ2v) is 8.04. The summed E-state index contributed by atoms with van der Waals surface area (Å²) < 4.78 is 2.66. The normalized spacial score (nSPS) is 10.5. The molecule has 8 heteroatoms. The summed E-state index contributed by atoms with van der Waals surface area (Å²) >= 11 is 2.79. The van der Waals surface area contributed by atoms with Crippen LogP contribution in [0.15, 0.2) is 34.7 Å². The molecule has 0 radical (unpaired) electrons. The van der Waals surface area contributed by atoms with Gasteiger partial charge in [0.15, 0.2) is 4.34 Å². The van der Waals surface area contributed by atoms with Crippen molar-refractivity contribution in [1.82, 2.24) is 14.8 Å². The number of amides is 1. The molecule has 0 atom stereocenters. The molecule has 0 saturated carbocycles. The maximum absolute atomic E-state index is 12.5. The topological polar surface area (TPSA) is 83.6 Å². The first-order valence-corrected chi connectivity index (χ1v) is 9.71. The number of nitriles is 1. The number of benzene rings is 1. The maximum Gasteiger partial charge on any atom is 0.235 e. The Morgan fingerprint density at radius 1 is 1.27 bits per heavy atom. The van der Waals surface area contributed by atoms with E-state index in [1.165, 1.54) is 23.1 Å². The number of nitrogens with one attached hydrogen (secondary N) is 1. The molecule has 6 nitrogen and oxygen atoms in total. The molecule has 0 unspecified atom stereocenters. The van der Waals surface area contributed by atoms with E-state index in [0.29, 0.717) is 11.4 Å². The summed E-state index contributed by atoms with van der Waals surface area (Å²) in [5, 5.41) is 21.3. The molecule has 0 saturated heterocycles. The minimum absolute atomic E-state index is 0.186. The first-order valence-electron chi connectivity index (χ1n) is 7.91. The van der Waals surface area contributed by atoms with Crippen molar-refractivity contribution in [2.45, 2.75) is 25.1 Å². The number of aryl methyl sites for hydroxylation is 1. The van der Waals surface area contributed by atoms with E-state index in [1.807, 2.05) is 55.7 Å². The lowest BCUT2D eigenvalue weighted by atomic mass is 10.2. The standard InChI is InChI=1S/C18H17N5OS2/c1-11-12(2)23(14-7-5-4-6-8-14)17(15(11)9-19)20-16(24)10-25-18-22-21-13(3)26-18/h4-8H,10H2,1-3H3,(H,20,24). The SMILES string of the molecule is Cc1nnc(SCC(=O)Nc2c(C#N)c(C)c(C)n2-c2ccccc2)s1. The van der Waals surface area contributed by atoms with Crippen molar-refractivity contribution >= 4 is 34.8 Å². The largest absolute Gasteiger partial charge is 0.310 e. The van der Waals surface area contributed by atoms with Crippen LogP contribution in [0.1, 0.15) is 21.8 Å². The molecular weight excluding hydrogens is 366 g/mol. The molecule has 1 amide bonds. The van der Waals surface area contributed by atoms with Gasteiger partial charge in [-0.1, -0.05) is 41.3 Å². The average molecular weight is 384 g/mol. The lowest BCUT2D eigenvalue weighted by Crippen LogP contribution is -2.17. The average Bonchev–Trinajstić information content (AvgIpc) is 3.15. The molecule has 26 heavy (non-hydrogen) atoms.